The van der Waals surface area contributed by atoms with Crippen LogP contribution in [0.5, 0.6) is 0 Å². The molecule has 0 aliphatic carbocycles. The van der Waals surface area contributed by atoms with Crippen LogP contribution in [0.2, 0.25) is 5.02 Å². The monoisotopic (exact) mass is 446 g/mol. The molecular weight excluding hydrogens is 433 g/mol. The highest BCUT2D eigenvalue weighted by Gasteiger charge is 2.30. The quantitative estimate of drug-likeness (QED) is 0.273. The van der Waals surface area contributed by atoms with Gasteiger partial charge in [-0.25, -0.2) is 4.68 Å². The fourth-order valence-electron chi connectivity index (χ4n) is 2.76. The molecule has 30 heavy (non-hydrogen) atoms. The van der Waals surface area contributed by atoms with E-state index in [0.717, 1.165) is 28.4 Å². The van der Waals surface area contributed by atoms with Gasteiger partial charge in [0.05, 0.1) is 33.1 Å². The number of benzene rings is 2. The lowest BCUT2D eigenvalue weighted by Gasteiger charge is -2.09. The number of hydrazone groups is 1. The molecule has 1 N–H and O–H groups in total. The van der Waals surface area contributed by atoms with Gasteiger partial charge in [0.1, 0.15) is 5.69 Å². The Bertz CT molecular complexity index is 1170. The van der Waals surface area contributed by atoms with E-state index < -0.39 is 11.7 Å². The third-order valence-corrected chi connectivity index (χ3v) is 5.41. The Hall–Kier alpha value is -3.10. The SMILES string of the molecule is FC(F)(F)c1ccc(Cl)c(N/N=C\c2cn(-c3ccccc3)nc2-c2cccs2)c1. The molecule has 0 fully saturated rings. The van der Waals surface area contributed by atoms with Gasteiger partial charge in [0.2, 0.25) is 0 Å². The summed E-state index contributed by atoms with van der Waals surface area (Å²) in [5.41, 5.74) is 4.16. The van der Waals surface area contributed by atoms with Crippen molar-refractivity contribution in [2.45, 2.75) is 6.18 Å². The van der Waals surface area contributed by atoms with Crippen molar-refractivity contribution >= 4 is 34.8 Å². The second-order valence-corrected chi connectivity index (χ2v) is 7.61. The van der Waals surface area contributed by atoms with Gasteiger partial charge in [0, 0.05) is 11.8 Å². The lowest BCUT2D eigenvalue weighted by Crippen LogP contribution is -2.05. The van der Waals surface area contributed by atoms with Crippen LogP contribution in [0.15, 0.2) is 77.3 Å². The predicted octanol–water partition coefficient (Wildman–Crippen LogP) is 6.72. The minimum Gasteiger partial charge on any atom is -0.277 e. The Morgan fingerprint density at radius 2 is 1.87 bits per heavy atom. The van der Waals surface area contributed by atoms with Crippen LogP contribution in [0.3, 0.4) is 0 Å². The van der Waals surface area contributed by atoms with E-state index in [1.807, 2.05) is 54.0 Å². The number of para-hydroxylation sites is 1. The molecule has 9 heteroatoms. The third kappa shape index (κ3) is 4.39. The molecule has 0 bridgehead atoms. The molecule has 2 aromatic heterocycles. The molecule has 4 rings (SSSR count). The fourth-order valence-corrected chi connectivity index (χ4v) is 3.65. The molecule has 0 radical (unpaired) electrons. The van der Waals surface area contributed by atoms with E-state index in [1.165, 1.54) is 23.6 Å². The summed E-state index contributed by atoms with van der Waals surface area (Å²) in [4.78, 5) is 0.947. The summed E-state index contributed by atoms with van der Waals surface area (Å²) in [5.74, 6) is 0. The second-order valence-electron chi connectivity index (χ2n) is 6.25. The largest absolute Gasteiger partial charge is 0.416 e. The molecule has 0 amide bonds. The molecular formula is C21H14ClF3N4S. The van der Waals surface area contributed by atoms with Gasteiger partial charge in [-0.1, -0.05) is 35.9 Å². The molecule has 0 atom stereocenters. The Labute approximate surface area is 179 Å². The van der Waals surface area contributed by atoms with Gasteiger partial charge in [-0.15, -0.1) is 11.3 Å². The fraction of sp³-hybridized carbons (Fsp3) is 0.0476. The zero-order chi connectivity index (χ0) is 21.1. The normalized spacial score (nSPS) is 11.9. The summed E-state index contributed by atoms with van der Waals surface area (Å²) in [6.07, 6.45) is -1.14. The van der Waals surface area contributed by atoms with Crippen molar-refractivity contribution in [3.8, 4) is 16.3 Å². The average Bonchev–Trinajstić information content (AvgIpc) is 3.39. The minimum atomic E-state index is -4.46. The molecule has 0 unspecified atom stereocenters. The predicted molar refractivity (Wildman–Crippen MR) is 115 cm³/mol. The highest BCUT2D eigenvalue weighted by atomic mass is 35.5. The molecule has 0 aliphatic heterocycles. The van der Waals surface area contributed by atoms with E-state index in [1.54, 1.807) is 4.68 Å². The molecule has 4 aromatic rings. The van der Waals surface area contributed by atoms with E-state index in [2.05, 4.69) is 15.6 Å². The third-order valence-electron chi connectivity index (χ3n) is 4.20. The lowest BCUT2D eigenvalue weighted by molar-refractivity contribution is -0.137. The Kier molecular flexibility index (Phi) is 5.61. The Balaban J connectivity index is 1.65. The first-order valence-electron chi connectivity index (χ1n) is 8.76. The Morgan fingerprint density at radius 3 is 2.57 bits per heavy atom. The van der Waals surface area contributed by atoms with Crippen molar-refractivity contribution < 1.29 is 13.2 Å². The zero-order valence-electron chi connectivity index (χ0n) is 15.3. The van der Waals surface area contributed by atoms with Gasteiger partial charge in [0.15, 0.2) is 0 Å². The van der Waals surface area contributed by atoms with Crippen LogP contribution in [0.25, 0.3) is 16.3 Å². The minimum absolute atomic E-state index is 0.0656. The van der Waals surface area contributed by atoms with Crippen molar-refractivity contribution in [1.82, 2.24) is 9.78 Å². The van der Waals surface area contributed by atoms with Crippen LogP contribution in [0.1, 0.15) is 11.1 Å². The number of nitrogens with zero attached hydrogens (tertiary/aromatic N) is 3. The molecule has 4 nitrogen and oxygen atoms in total. The number of halogens is 4. The molecule has 0 spiro atoms. The van der Waals surface area contributed by atoms with Gasteiger partial charge in [-0.3, -0.25) is 5.43 Å². The lowest BCUT2D eigenvalue weighted by atomic mass is 10.2. The second kappa shape index (κ2) is 8.33. The number of nitrogens with one attached hydrogen (secondary N) is 1. The van der Waals surface area contributed by atoms with E-state index in [4.69, 9.17) is 11.6 Å². The molecule has 0 aliphatic rings. The summed E-state index contributed by atoms with van der Waals surface area (Å²) in [5, 5.41) is 10.8. The summed E-state index contributed by atoms with van der Waals surface area (Å²) in [6.45, 7) is 0. The maximum Gasteiger partial charge on any atom is 0.416 e. The summed E-state index contributed by atoms with van der Waals surface area (Å²) < 4.78 is 40.6. The first kappa shape index (κ1) is 20.2. The van der Waals surface area contributed by atoms with Gasteiger partial charge in [0.25, 0.3) is 0 Å². The number of hydrogen-bond acceptors (Lipinski definition) is 4. The van der Waals surface area contributed by atoms with E-state index in [-0.39, 0.29) is 10.7 Å². The van der Waals surface area contributed by atoms with Gasteiger partial charge in [-0.2, -0.15) is 23.4 Å². The number of rotatable bonds is 5. The average molecular weight is 447 g/mol. The van der Waals surface area contributed by atoms with E-state index >= 15 is 0 Å². The zero-order valence-corrected chi connectivity index (χ0v) is 16.8. The van der Waals surface area contributed by atoms with Crippen molar-refractivity contribution in [3.05, 3.63) is 88.4 Å². The van der Waals surface area contributed by atoms with Crippen LogP contribution in [0, 0.1) is 0 Å². The smallest absolute Gasteiger partial charge is 0.277 e. The number of hydrogen-bond donors (Lipinski definition) is 1. The molecule has 0 saturated heterocycles. The number of alkyl halides is 3. The van der Waals surface area contributed by atoms with Crippen LogP contribution >= 0.6 is 22.9 Å². The van der Waals surface area contributed by atoms with E-state index in [0.29, 0.717) is 5.56 Å². The number of thiophene rings is 1. The molecule has 0 saturated carbocycles. The topological polar surface area (TPSA) is 42.2 Å². The van der Waals surface area contributed by atoms with Crippen molar-refractivity contribution in [2.75, 3.05) is 5.43 Å². The van der Waals surface area contributed by atoms with Crippen LogP contribution in [0.4, 0.5) is 18.9 Å². The van der Waals surface area contributed by atoms with Crippen molar-refractivity contribution in [1.29, 1.82) is 0 Å². The summed E-state index contributed by atoms with van der Waals surface area (Å²) >= 11 is 7.54. The van der Waals surface area contributed by atoms with Gasteiger partial charge < -0.3 is 0 Å². The number of anilines is 1. The molecule has 2 aromatic carbocycles. The first-order chi connectivity index (χ1) is 14.4. The van der Waals surface area contributed by atoms with Crippen LogP contribution in [-0.2, 0) is 6.18 Å². The Morgan fingerprint density at radius 1 is 1.07 bits per heavy atom. The molecule has 2 heterocycles. The highest BCUT2D eigenvalue weighted by molar-refractivity contribution is 7.13. The van der Waals surface area contributed by atoms with E-state index in [9.17, 15) is 13.2 Å². The maximum atomic E-state index is 12.9. The van der Waals surface area contributed by atoms with Crippen molar-refractivity contribution in [3.63, 3.8) is 0 Å². The van der Waals surface area contributed by atoms with Crippen LogP contribution in [-0.4, -0.2) is 16.0 Å². The first-order valence-corrected chi connectivity index (χ1v) is 10.0. The number of aromatic nitrogens is 2. The maximum absolute atomic E-state index is 12.9. The van der Waals surface area contributed by atoms with Crippen LogP contribution < -0.4 is 5.43 Å². The van der Waals surface area contributed by atoms with Gasteiger partial charge >= 0.3 is 6.18 Å². The summed E-state index contributed by atoms with van der Waals surface area (Å²) in [6, 6.07) is 16.5. The highest BCUT2D eigenvalue weighted by Crippen LogP contribution is 2.34. The molecule has 152 valence electrons. The van der Waals surface area contributed by atoms with Crippen molar-refractivity contribution in [2.24, 2.45) is 5.10 Å². The summed E-state index contributed by atoms with van der Waals surface area (Å²) in [7, 11) is 0. The standard InChI is InChI=1S/C21H14ClF3N4S/c22-17-9-8-15(21(23,24)25)11-18(17)27-26-12-14-13-29(16-5-2-1-3-6-16)28-20(14)19-7-4-10-30-19/h1-13,27H/b26-12-. The van der Waals surface area contributed by atoms with Gasteiger partial charge in [-0.05, 0) is 41.8 Å².